The number of likely N-dealkylation sites (N-methyl/N-ethyl adjacent to an activating group) is 1. The van der Waals surface area contributed by atoms with Crippen molar-refractivity contribution >= 4 is 13.8 Å². The van der Waals surface area contributed by atoms with E-state index in [1.54, 1.807) is 0 Å². The van der Waals surface area contributed by atoms with E-state index in [-0.39, 0.29) is 13.2 Å². The second-order valence-electron chi connectivity index (χ2n) is 11.6. The van der Waals surface area contributed by atoms with Crippen molar-refractivity contribution in [3.8, 4) is 0 Å². The third-order valence-corrected chi connectivity index (χ3v) is 7.64. The van der Waals surface area contributed by atoms with Crippen LogP contribution >= 0.6 is 7.82 Å². The minimum absolute atomic E-state index is 0.120. The van der Waals surface area contributed by atoms with Gasteiger partial charge in [-0.15, -0.1) is 0 Å². The fraction of sp³-hybridized carbons (Fsp3) is 0.966. The highest BCUT2D eigenvalue weighted by Gasteiger charge is 2.25. The van der Waals surface area contributed by atoms with Gasteiger partial charge in [0.05, 0.1) is 27.7 Å². The van der Waals surface area contributed by atoms with Crippen LogP contribution in [0.15, 0.2) is 0 Å². The van der Waals surface area contributed by atoms with Crippen LogP contribution in [-0.4, -0.2) is 62.4 Å². The van der Waals surface area contributed by atoms with Crippen molar-refractivity contribution in [1.82, 2.24) is 0 Å². The Kier molecular flexibility index (Phi) is 23.1. The molecular weight excluding hydrogens is 489 g/mol. The number of ether oxygens (including phenoxy) is 1. The first-order valence-electron chi connectivity index (χ1n) is 15.2. The molecule has 0 radical (unpaired) electrons. The molecule has 0 aliphatic carbocycles. The Balaban J connectivity index is 3.71. The van der Waals surface area contributed by atoms with Gasteiger partial charge < -0.3 is 14.1 Å². The number of hydrogen-bond acceptors (Lipinski definition) is 5. The van der Waals surface area contributed by atoms with E-state index in [4.69, 9.17) is 13.8 Å². The average Bonchev–Trinajstić information content (AvgIpc) is 2.80. The van der Waals surface area contributed by atoms with Gasteiger partial charge in [0.25, 0.3) is 0 Å². The van der Waals surface area contributed by atoms with Gasteiger partial charge in [-0.1, -0.05) is 116 Å². The Morgan fingerprint density at radius 3 is 1.51 bits per heavy atom. The summed E-state index contributed by atoms with van der Waals surface area (Å²) in [6.45, 7) is 4.20. The van der Waals surface area contributed by atoms with Gasteiger partial charge in [0.15, 0.2) is 0 Å². The molecule has 0 aromatic carbocycles. The molecule has 8 heteroatoms. The molecule has 0 heterocycles. The summed E-state index contributed by atoms with van der Waals surface area (Å²) in [5, 5.41) is 0. The Morgan fingerprint density at radius 2 is 1.14 bits per heavy atom. The maximum absolute atomic E-state index is 12.1. The van der Waals surface area contributed by atoms with E-state index >= 15 is 0 Å². The first-order chi connectivity index (χ1) is 17.6. The van der Waals surface area contributed by atoms with Gasteiger partial charge in [0, 0.05) is 6.92 Å². The van der Waals surface area contributed by atoms with Crippen molar-refractivity contribution in [2.24, 2.45) is 0 Å². The van der Waals surface area contributed by atoms with E-state index in [1.807, 2.05) is 21.1 Å². The maximum atomic E-state index is 12.1. The number of carbonyl (C=O) groups is 1. The molecule has 0 aromatic heterocycles. The molecule has 2 unspecified atom stereocenters. The lowest BCUT2D eigenvalue weighted by Crippen LogP contribution is -2.37. The van der Waals surface area contributed by atoms with E-state index in [9.17, 15) is 14.3 Å². The zero-order valence-electron chi connectivity index (χ0n) is 25.0. The highest BCUT2D eigenvalue weighted by atomic mass is 31.2. The highest BCUT2D eigenvalue weighted by molar-refractivity contribution is 7.47. The summed E-state index contributed by atoms with van der Waals surface area (Å²) in [6, 6.07) is 0. The van der Waals surface area contributed by atoms with Crippen LogP contribution in [0.25, 0.3) is 0 Å². The molecule has 1 N–H and O–H groups in total. The normalized spacial score (nSPS) is 14.4. The summed E-state index contributed by atoms with van der Waals surface area (Å²) in [6.07, 6.45) is 23.8. The van der Waals surface area contributed by atoms with Crippen LogP contribution < -0.4 is 0 Å². The van der Waals surface area contributed by atoms with E-state index in [2.05, 4.69) is 6.92 Å². The summed E-state index contributed by atoms with van der Waals surface area (Å²) in [7, 11) is 1.77. The minimum Gasteiger partial charge on any atom is -0.460 e. The van der Waals surface area contributed by atoms with Gasteiger partial charge in [-0.2, -0.15) is 0 Å². The van der Waals surface area contributed by atoms with Gasteiger partial charge in [0.1, 0.15) is 19.3 Å². The van der Waals surface area contributed by atoms with Crippen LogP contribution in [0.4, 0.5) is 0 Å². The molecule has 0 aliphatic rings. The van der Waals surface area contributed by atoms with Gasteiger partial charge in [-0.3, -0.25) is 13.8 Å². The van der Waals surface area contributed by atoms with E-state index < -0.39 is 19.9 Å². The molecule has 37 heavy (non-hydrogen) atoms. The molecule has 0 aliphatic heterocycles. The average molecular weight is 551 g/mol. The number of rotatable bonds is 27. The van der Waals surface area contributed by atoms with Crippen molar-refractivity contribution in [1.29, 1.82) is 0 Å². The number of unbranched alkanes of at least 4 members (excludes halogenated alkanes) is 17. The number of nitrogens with zero attached hydrogens (tertiary/aromatic N) is 1. The van der Waals surface area contributed by atoms with Crippen molar-refractivity contribution in [2.45, 2.75) is 142 Å². The molecule has 0 saturated heterocycles. The molecule has 0 amide bonds. The van der Waals surface area contributed by atoms with Gasteiger partial charge in [-0.05, 0) is 12.8 Å². The molecule has 0 spiro atoms. The SMILES string of the molecule is CCCCCCCCCCCCCCCCCCCCC(COP(=O)(O)OCC[N+](C)(C)C)OC(C)=O. The van der Waals surface area contributed by atoms with Crippen LogP contribution in [-0.2, 0) is 23.1 Å². The molecule has 0 fully saturated rings. The second-order valence-corrected chi connectivity index (χ2v) is 13.1. The van der Waals surface area contributed by atoms with E-state index in [0.29, 0.717) is 17.4 Å². The first kappa shape index (κ1) is 36.5. The van der Waals surface area contributed by atoms with E-state index in [0.717, 1.165) is 12.8 Å². The molecule has 0 bridgehead atoms. The summed E-state index contributed by atoms with van der Waals surface area (Å²) in [5.41, 5.74) is 0. The fourth-order valence-electron chi connectivity index (χ4n) is 4.33. The minimum atomic E-state index is -4.16. The third-order valence-electron chi connectivity index (χ3n) is 6.65. The van der Waals surface area contributed by atoms with Crippen molar-refractivity contribution in [3.05, 3.63) is 0 Å². The summed E-state index contributed by atoms with van der Waals surface area (Å²) < 4.78 is 28.1. The predicted molar refractivity (Wildman–Crippen MR) is 154 cm³/mol. The molecule has 0 rings (SSSR count). The predicted octanol–water partition coefficient (Wildman–Crippen LogP) is 8.19. The summed E-state index contributed by atoms with van der Waals surface area (Å²) in [4.78, 5) is 21.3. The molecule has 2 atom stereocenters. The largest absolute Gasteiger partial charge is 0.472 e. The first-order valence-corrected chi connectivity index (χ1v) is 16.6. The van der Waals surface area contributed by atoms with Crippen LogP contribution in [0.5, 0.6) is 0 Å². The molecule has 222 valence electrons. The smallest absolute Gasteiger partial charge is 0.460 e. The zero-order valence-corrected chi connectivity index (χ0v) is 25.9. The number of quaternary nitrogens is 1. The molecule has 0 saturated carbocycles. The summed E-state index contributed by atoms with van der Waals surface area (Å²) >= 11 is 0. The quantitative estimate of drug-likeness (QED) is 0.0480. The molecular formula is C29H61NO6P+. The monoisotopic (exact) mass is 550 g/mol. The Hall–Kier alpha value is -0.460. The lowest BCUT2D eigenvalue weighted by Gasteiger charge is -2.24. The lowest BCUT2D eigenvalue weighted by molar-refractivity contribution is -0.870. The van der Waals surface area contributed by atoms with E-state index in [1.165, 1.54) is 110 Å². The highest BCUT2D eigenvalue weighted by Crippen LogP contribution is 2.43. The van der Waals surface area contributed by atoms with Crippen LogP contribution in [0, 0.1) is 0 Å². The standard InChI is InChI=1S/C29H60NO6P/c1-6-7-8-9-10-11-12-13-14-15-16-17-18-19-20-21-22-23-24-29(36-28(2)31)27-35-37(32,33)34-26-25-30(3,4)5/h29H,6-27H2,1-5H3/p+1. The number of hydrogen-bond donors (Lipinski definition) is 1. The topological polar surface area (TPSA) is 82.1 Å². The Morgan fingerprint density at radius 1 is 0.730 bits per heavy atom. The molecule has 0 aromatic rings. The van der Waals surface area contributed by atoms with Gasteiger partial charge in [0.2, 0.25) is 0 Å². The molecule has 7 nitrogen and oxygen atoms in total. The lowest BCUT2D eigenvalue weighted by atomic mass is 10.0. The van der Waals surface area contributed by atoms with Crippen molar-refractivity contribution < 1.29 is 32.5 Å². The number of esters is 1. The van der Waals surface area contributed by atoms with Gasteiger partial charge >= 0.3 is 13.8 Å². The van der Waals surface area contributed by atoms with Crippen molar-refractivity contribution in [3.63, 3.8) is 0 Å². The zero-order chi connectivity index (χ0) is 27.8. The third kappa shape index (κ3) is 28.4. The van der Waals surface area contributed by atoms with Crippen LogP contribution in [0.2, 0.25) is 0 Å². The Labute approximate surface area is 229 Å². The number of phosphoric acid groups is 1. The Bertz CT molecular complexity index is 581. The number of phosphoric ester groups is 1. The van der Waals surface area contributed by atoms with Gasteiger partial charge in [-0.25, -0.2) is 4.57 Å². The summed E-state index contributed by atoms with van der Waals surface area (Å²) in [5.74, 6) is -0.408. The van der Waals surface area contributed by atoms with Crippen molar-refractivity contribution in [2.75, 3.05) is 40.9 Å². The maximum Gasteiger partial charge on any atom is 0.472 e. The second kappa shape index (κ2) is 23.4. The van der Waals surface area contributed by atoms with Crippen LogP contribution in [0.1, 0.15) is 136 Å². The fourth-order valence-corrected chi connectivity index (χ4v) is 5.07. The number of carbonyl (C=O) groups excluding carboxylic acids is 1. The van der Waals surface area contributed by atoms with Crippen LogP contribution in [0.3, 0.4) is 0 Å².